The van der Waals surface area contributed by atoms with Crippen LogP contribution in [0.25, 0.3) is 0 Å². The number of hydrogen-bond donors (Lipinski definition) is 1. The lowest BCUT2D eigenvalue weighted by Crippen LogP contribution is -2.29. The van der Waals surface area contributed by atoms with Gasteiger partial charge in [0.1, 0.15) is 0 Å². The molecule has 0 aromatic carbocycles. The van der Waals surface area contributed by atoms with Crippen LogP contribution in [0, 0.1) is 0 Å². The minimum Gasteiger partial charge on any atom is -0.301 e. The van der Waals surface area contributed by atoms with Gasteiger partial charge in [-0.05, 0) is 14.1 Å². The van der Waals surface area contributed by atoms with Crippen molar-refractivity contribution >= 4 is 12.6 Å². The Labute approximate surface area is 54.5 Å². The fraction of sp³-hybridized carbons (Fsp3) is 0.600. The Bertz CT molecular complexity index is 111. The van der Waals surface area contributed by atoms with Crippen LogP contribution in [0.3, 0.4) is 0 Å². The van der Waals surface area contributed by atoms with Crippen molar-refractivity contribution in [3.05, 3.63) is 0 Å². The van der Waals surface area contributed by atoms with Gasteiger partial charge in [0.15, 0.2) is 0 Å². The van der Waals surface area contributed by atoms with Gasteiger partial charge in [-0.2, -0.15) is 5.10 Å². The zero-order chi connectivity index (χ0) is 7.28. The van der Waals surface area contributed by atoms with Crippen LogP contribution in [0.1, 0.15) is 0 Å². The molecule has 0 heterocycles. The Kier molecular flexibility index (Phi) is 3.62. The maximum atomic E-state index is 10.6. The number of likely N-dealkylation sites (N-methyl/N-ethyl adjacent to an activating group) is 1. The minimum atomic E-state index is -0.144. The number of hydrogen-bond acceptors (Lipinski definition) is 3. The number of rotatable bonds is 3. The molecule has 0 spiro atoms. The summed E-state index contributed by atoms with van der Waals surface area (Å²) in [4.78, 5) is 12.3. The van der Waals surface area contributed by atoms with E-state index in [1.165, 1.54) is 0 Å². The zero-order valence-corrected chi connectivity index (χ0v) is 5.72. The molecule has 0 aromatic heterocycles. The van der Waals surface area contributed by atoms with E-state index in [-0.39, 0.29) is 5.91 Å². The highest BCUT2D eigenvalue weighted by molar-refractivity contribution is 5.77. The fourth-order valence-electron chi connectivity index (χ4n) is 0.411. The summed E-state index contributed by atoms with van der Waals surface area (Å²) in [5.41, 5.74) is 2.21. The van der Waals surface area contributed by atoms with Crippen LogP contribution in [0.15, 0.2) is 5.10 Å². The quantitative estimate of drug-likeness (QED) is 0.403. The molecule has 0 saturated carbocycles. The average molecular weight is 129 g/mol. The highest BCUT2D eigenvalue weighted by atomic mass is 16.2. The Morgan fingerprint density at radius 3 is 2.67 bits per heavy atom. The highest BCUT2D eigenvalue weighted by Gasteiger charge is 1.98. The van der Waals surface area contributed by atoms with Gasteiger partial charge in [0, 0.05) is 6.72 Å². The van der Waals surface area contributed by atoms with Crippen molar-refractivity contribution in [2.24, 2.45) is 5.10 Å². The number of nitrogens with zero attached hydrogens (tertiary/aromatic N) is 2. The van der Waals surface area contributed by atoms with E-state index >= 15 is 0 Å². The van der Waals surface area contributed by atoms with Crippen LogP contribution in [-0.2, 0) is 4.79 Å². The van der Waals surface area contributed by atoms with Crippen molar-refractivity contribution in [1.82, 2.24) is 10.3 Å². The third kappa shape index (κ3) is 4.96. The van der Waals surface area contributed by atoms with Gasteiger partial charge in [0.2, 0.25) is 0 Å². The zero-order valence-electron chi connectivity index (χ0n) is 5.72. The second kappa shape index (κ2) is 4.03. The molecule has 0 fully saturated rings. The predicted octanol–water partition coefficient (Wildman–Crippen LogP) is -0.720. The molecule has 0 bridgehead atoms. The topological polar surface area (TPSA) is 44.7 Å². The Morgan fingerprint density at radius 1 is 1.78 bits per heavy atom. The van der Waals surface area contributed by atoms with Crippen molar-refractivity contribution in [3.8, 4) is 0 Å². The monoisotopic (exact) mass is 129 g/mol. The van der Waals surface area contributed by atoms with E-state index in [0.717, 1.165) is 0 Å². The van der Waals surface area contributed by atoms with E-state index in [1.807, 2.05) is 14.1 Å². The number of carbonyl (C=O) groups is 1. The molecule has 0 radical (unpaired) electrons. The van der Waals surface area contributed by atoms with Gasteiger partial charge in [-0.15, -0.1) is 0 Å². The van der Waals surface area contributed by atoms with Crippen LogP contribution >= 0.6 is 0 Å². The SMILES string of the molecule is C=NNC(=O)CN(C)C. The molecule has 4 nitrogen and oxygen atoms in total. The maximum absolute atomic E-state index is 10.6. The Morgan fingerprint density at radius 2 is 2.33 bits per heavy atom. The summed E-state index contributed by atoms with van der Waals surface area (Å²) in [5.74, 6) is -0.144. The van der Waals surface area contributed by atoms with E-state index in [0.29, 0.717) is 6.54 Å². The molecule has 0 aliphatic heterocycles. The van der Waals surface area contributed by atoms with Crippen LogP contribution in [0.4, 0.5) is 0 Å². The molecule has 52 valence electrons. The van der Waals surface area contributed by atoms with E-state index < -0.39 is 0 Å². The second-order valence-corrected chi connectivity index (χ2v) is 1.93. The molecule has 0 rings (SSSR count). The van der Waals surface area contributed by atoms with Crippen molar-refractivity contribution in [1.29, 1.82) is 0 Å². The first-order chi connectivity index (χ1) is 4.16. The Balaban J connectivity index is 3.38. The van der Waals surface area contributed by atoms with Crippen molar-refractivity contribution in [2.75, 3.05) is 20.6 Å². The summed E-state index contributed by atoms with van der Waals surface area (Å²) in [5, 5.41) is 3.21. The van der Waals surface area contributed by atoms with Crippen molar-refractivity contribution < 1.29 is 4.79 Å². The van der Waals surface area contributed by atoms with Crippen molar-refractivity contribution in [3.63, 3.8) is 0 Å². The summed E-state index contributed by atoms with van der Waals surface area (Å²) in [6.45, 7) is 3.45. The first kappa shape index (κ1) is 8.10. The van der Waals surface area contributed by atoms with Crippen molar-refractivity contribution in [2.45, 2.75) is 0 Å². The summed E-state index contributed by atoms with van der Waals surface area (Å²) >= 11 is 0. The first-order valence-electron chi connectivity index (χ1n) is 2.56. The lowest BCUT2D eigenvalue weighted by atomic mass is 10.6. The molecule has 0 unspecified atom stereocenters. The molecule has 0 aliphatic rings. The van der Waals surface area contributed by atoms with Gasteiger partial charge in [-0.1, -0.05) is 0 Å². The molecule has 1 N–H and O–H groups in total. The maximum Gasteiger partial charge on any atom is 0.254 e. The molecule has 0 saturated heterocycles. The molecular weight excluding hydrogens is 118 g/mol. The molecule has 0 atom stereocenters. The van der Waals surface area contributed by atoms with Gasteiger partial charge < -0.3 is 4.90 Å². The number of hydrazone groups is 1. The molecule has 9 heavy (non-hydrogen) atoms. The van der Waals surface area contributed by atoms with Crippen LogP contribution in [-0.4, -0.2) is 38.2 Å². The third-order valence-corrected chi connectivity index (χ3v) is 0.664. The van der Waals surface area contributed by atoms with Crippen LogP contribution < -0.4 is 5.43 Å². The normalized spacial score (nSPS) is 9.22. The number of carbonyl (C=O) groups excluding carboxylic acids is 1. The van der Waals surface area contributed by atoms with Crippen LogP contribution in [0.5, 0.6) is 0 Å². The Hall–Kier alpha value is -0.900. The van der Waals surface area contributed by atoms with Gasteiger partial charge >= 0.3 is 0 Å². The van der Waals surface area contributed by atoms with E-state index in [4.69, 9.17) is 0 Å². The molecule has 1 amide bonds. The molecule has 4 heteroatoms. The second-order valence-electron chi connectivity index (χ2n) is 1.93. The summed E-state index contributed by atoms with van der Waals surface area (Å²) in [6.07, 6.45) is 0. The first-order valence-corrected chi connectivity index (χ1v) is 2.56. The lowest BCUT2D eigenvalue weighted by Gasteiger charge is -2.05. The lowest BCUT2D eigenvalue weighted by molar-refractivity contribution is -0.121. The van der Waals surface area contributed by atoms with Gasteiger partial charge in [-0.3, -0.25) is 4.79 Å². The predicted molar refractivity (Wildman–Crippen MR) is 36.2 cm³/mol. The average Bonchev–Trinajstić information content (AvgIpc) is 1.63. The summed E-state index contributed by atoms with van der Waals surface area (Å²) in [7, 11) is 3.62. The minimum absolute atomic E-state index is 0.144. The summed E-state index contributed by atoms with van der Waals surface area (Å²) < 4.78 is 0. The number of nitrogens with one attached hydrogen (secondary N) is 1. The number of amides is 1. The standard InChI is InChI=1S/C5H11N3O/c1-6-7-5(9)4-8(2)3/h1,4H2,2-3H3,(H,7,9). The van der Waals surface area contributed by atoms with Gasteiger partial charge in [0.05, 0.1) is 6.54 Å². The van der Waals surface area contributed by atoms with Gasteiger partial charge in [0.25, 0.3) is 5.91 Å². The fourth-order valence-corrected chi connectivity index (χ4v) is 0.411. The van der Waals surface area contributed by atoms with Crippen LogP contribution in [0.2, 0.25) is 0 Å². The third-order valence-electron chi connectivity index (χ3n) is 0.664. The van der Waals surface area contributed by atoms with E-state index in [9.17, 15) is 4.79 Å². The van der Waals surface area contributed by atoms with E-state index in [1.54, 1.807) is 4.90 Å². The molecular formula is C5H11N3O. The molecule has 0 aromatic rings. The largest absolute Gasteiger partial charge is 0.301 e. The smallest absolute Gasteiger partial charge is 0.254 e. The summed E-state index contributed by atoms with van der Waals surface area (Å²) in [6, 6.07) is 0. The highest BCUT2D eigenvalue weighted by Crippen LogP contribution is 1.72. The van der Waals surface area contributed by atoms with E-state index in [2.05, 4.69) is 17.2 Å². The van der Waals surface area contributed by atoms with Gasteiger partial charge in [-0.25, -0.2) is 5.43 Å². The molecule has 0 aliphatic carbocycles.